The zero-order valence-electron chi connectivity index (χ0n) is 19.8. The van der Waals surface area contributed by atoms with Crippen LogP contribution < -0.4 is 18.9 Å². The maximum atomic E-state index is 11.0. The van der Waals surface area contributed by atoms with E-state index in [-0.39, 0.29) is 31.2 Å². The SMILES string of the molecule is COc1ccc2c(c1)c(OCCOc1c(Br)cc([N+](=O)[O-])cc1Br)nn2CCOc1ccc([N+](=O)[O-])cc1. The number of ether oxygens (including phenoxy) is 4. The molecule has 4 aromatic rings. The third-order valence-corrected chi connectivity index (χ3v) is 6.48. The average Bonchev–Trinajstić information content (AvgIpc) is 3.24. The fraction of sp³-hybridized carbons (Fsp3) is 0.208. The molecule has 0 N–H and O–H groups in total. The molecule has 0 amide bonds. The Hall–Kier alpha value is -3.91. The van der Waals surface area contributed by atoms with Gasteiger partial charge in [-0.25, -0.2) is 0 Å². The van der Waals surface area contributed by atoms with Crippen molar-refractivity contribution in [2.75, 3.05) is 26.9 Å². The zero-order chi connectivity index (χ0) is 27.2. The summed E-state index contributed by atoms with van der Waals surface area (Å²) in [7, 11) is 1.57. The Morgan fingerprint density at radius 3 is 2.08 bits per heavy atom. The number of halogens is 2. The first-order chi connectivity index (χ1) is 18.3. The number of rotatable bonds is 12. The maximum Gasteiger partial charge on any atom is 0.271 e. The first-order valence-corrected chi connectivity index (χ1v) is 12.7. The minimum atomic E-state index is -0.491. The highest BCUT2D eigenvalue weighted by molar-refractivity contribution is 9.11. The number of non-ortho nitro benzene ring substituents is 2. The summed E-state index contributed by atoms with van der Waals surface area (Å²) < 4.78 is 25.3. The largest absolute Gasteiger partial charge is 0.497 e. The van der Waals surface area contributed by atoms with Crippen molar-refractivity contribution in [3.63, 3.8) is 0 Å². The molecule has 0 unspecified atom stereocenters. The second-order valence-electron chi connectivity index (χ2n) is 7.70. The summed E-state index contributed by atoms with van der Waals surface area (Å²) in [5, 5.41) is 27.1. The van der Waals surface area contributed by atoms with E-state index in [1.54, 1.807) is 23.9 Å². The van der Waals surface area contributed by atoms with Crippen molar-refractivity contribution in [2.45, 2.75) is 6.54 Å². The van der Waals surface area contributed by atoms with Gasteiger partial charge in [0.2, 0.25) is 5.88 Å². The number of hydrogen-bond donors (Lipinski definition) is 0. The van der Waals surface area contributed by atoms with Crippen molar-refractivity contribution in [2.24, 2.45) is 0 Å². The van der Waals surface area contributed by atoms with Crippen molar-refractivity contribution < 1.29 is 28.8 Å². The highest BCUT2D eigenvalue weighted by atomic mass is 79.9. The van der Waals surface area contributed by atoms with E-state index in [4.69, 9.17) is 18.9 Å². The summed E-state index contributed by atoms with van der Waals surface area (Å²) >= 11 is 6.59. The van der Waals surface area contributed by atoms with E-state index >= 15 is 0 Å². The minimum absolute atomic E-state index is 0.0107. The number of nitro benzene ring substituents is 2. The van der Waals surface area contributed by atoms with Crippen molar-refractivity contribution in [1.29, 1.82) is 0 Å². The number of fused-ring (bicyclic) bond motifs is 1. The Bertz CT molecular complexity index is 1450. The Kier molecular flexibility index (Phi) is 8.63. The van der Waals surface area contributed by atoms with Crippen molar-refractivity contribution in [1.82, 2.24) is 9.78 Å². The van der Waals surface area contributed by atoms with Gasteiger partial charge in [0.05, 0.1) is 43.3 Å². The molecule has 0 saturated heterocycles. The van der Waals surface area contributed by atoms with Gasteiger partial charge in [-0.05, 0) is 62.2 Å². The molecule has 0 fully saturated rings. The fourth-order valence-corrected chi connectivity index (χ4v) is 4.91. The first kappa shape index (κ1) is 27.1. The van der Waals surface area contributed by atoms with E-state index in [9.17, 15) is 20.2 Å². The molecule has 1 aromatic heterocycles. The molecule has 0 bridgehead atoms. The van der Waals surface area contributed by atoms with Gasteiger partial charge in [-0.15, -0.1) is 5.10 Å². The first-order valence-electron chi connectivity index (χ1n) is 11.1. The lowest BCUT2D eigenvalue weighted by molar-refractivity contribution is -0.385. The van der Waals surface area contributed by atoms with Gasteiger partial charge in [-0.2, -0.15) is 0 Å². The van der Waals surface area contributed by atoms with Gasteiger partial charge in [0.25, 0.3) is 11.4 Å². The fourth-order valence-electron chi connectivity index (χ4n) is 3.52. The molecular formula is C24H20Br2N4O8. The molecule has 14 heteroatoms. The van der Waals surface area contributed by atoms with Crippen LogP contribution in [0.25, 0.3) is 10.9 Å². The van der Waals surface area contributed by atoms with Crippen molar-refractivity contribution in [3.8, 4) is 23.1 Å². The molecule has 38 heavy (non-hydrogen) atoms. The van der Waals surface area contributed by atoms with Gasteiger partial charge in [0.15, 0.2) is 0 Å². The smallest absolute Gasteiger partial charge is 0.271 e. The number of methoxy groups -OCH3 is 1. The maximum absolute atomic E-state index is 11.0. The number of nitrogens with zero attached hydrogens (tertiary/aromatic N) is 4. The van der Waals surface area contributed by atoms with Crippen LogP contribution in [0.2, 0.25) is 0 Å². The van der Waals surface area contributed by atoms with Gasteiger partial charge in [-0.1, -0.05) is 0 Å². The summed E-state index contributed by atoms with van der Waals surface area (Å²) in [6.07, 6.45) is 0. The standard InChI is InChI=1S/C24H20Br2N4O8/c1-35-18-6-7-22-19(14-18)24(27-28(22)8-9-36-17-4-2-15(3-5-17)29(31)32)38-11-10-37-23-20(25)12-16(30(33)34)13-21(23)26/h2-7,12-14H,8-11H2,1H3. The normalized spacial score (nSPS) is 10.8. The lowest BCUT2D eigenvalue weighted by atomic mass is 10.2. The molecule has 0 atom stereocenters. The number of aromatic nitrogens is 2. The highest BCUT2D eigenvalue weighted by Gasteiger charge is 2.16. The summed E-state index contributed by atoms with van der Waals surface area (Å²) in [5.41, 5.74) is 0.717. The van der Waals surface area contributed by atoms with Crippen LogP contribution >= 0.6 is 31.9 Å². The predicted octanol–water partition coefficient (Wildman–Crippen LogP) is 5.92. The van der Waals surface area contributed by atoms with Gasteiger partial charge in [0, 0.05) is 24.3 Å². The molecule has 0 aliphatic carbocycles. The van der Waals surface area contributed by atoms with Crippen LogP contribution in [-0.2, 0) is 6.54 Å². The molecule has 4 rings (SSSR count). The van der Waals surface area contributed by atoms with Crippen LogP contribution in [0.5, 0.6) is 23.1 Å². The molecule has 3 aromatic carbocycles. The van der Waals surface area contributed by atoms with Crippen LogP contribution in [0.3, 0.4) is 0 Å². The van der Waals surface area contributed by atoms with E-state index in [0.717, 1.165) is 10.9 Å². The summed E-state index contributed by atoms with van der Waals surface area (Å²) in [6.45, 7) is 0.961. The van der Waals surface area contributed by atoms with Gasteiger partial charge in [0.1, 0.15) is 37.1 Å². The zero-order valence-corrected chi connectivity index (χ0v) is 23.0. The van der Waals surface area contributed by atoms with E-state index < -0.39 is 9.85 Å². The van der Waals surface area contributed by atoms with Crippen LogP contribution in [0.15, 0.2) is 63.5 Å². The Morgan fingerprint density at radius 1 is 0.816 bits per heavy atom. The second-order valence-corrected chi connectivity index (χ2v) is 9.41. The molecular weight excluding hydrogens is 632 g/mol. The van der Waals surface area contributed by atoms with Gasteiger partial charge < -0.3 is 18.9 Å². The molecule has 0 saturated carbocycles. The lowest BCUT2D eigenvalue weighted by Gasteiger charge is -2.10. The number of hydrogen-bond acceptors (Lipinski definition) is 9. The monoisotopic (exact) mass is 650 g/mol. The number of benzene rings is 3. The molecule has 0 aliphatic rings. The molecule has 0 spiro atoms. The second kappa shape index (κ2) is 12.1. The predicted molar refractivity (Wildman–Crippen MR) is 144 cm³/mol. The van der Waals surface area contributed by atoms with Crippen molar-refractivity contribution >= 4 is 54.1 Å². The van der Waals surface area contributed by atoms with E-state index in [1.165, 1.54) is 24.3 Å². The average molecular weight is 652 g/mol. The quantitative estimate of drug-likeness (QED) is 0.104. The van der Waals surface area contributed by atoms with Crippen molar-refractivity contribution in [3.05, 3.63) is 83.8 Å². The minimum Gasteiger partial charge on any atom is -0.497 e. The van der Waals surface area contributed by atoms with E-state index in [1.807, 2.05) is 18.2 Å². The third kappa shape index (κ3) is 6.31. The summed E-state index contributed by atoms with van der Waals surface area (Å²) in [5.74, 6) is 1.93. The molecule has 0 radical (unpaired) electrons. The molecule has 1 heterocycles. The van der Waals surface area contributed by atoms with E-state index in [2.05, 4.69) is 37.0 Å². The van der Waals surface area contributed by atoms with Crippen LogP contribution in [0.4, 0.5) is 11.4 Å². The lowest BCUT2D eigenvalue weighted by Crippen LogP contribution is -2.11. The van der Waals surface area contributed by atoms with Gasteiger partial charge >= 0.3 is 0 Å². The Balaban J connectivity index is 1.42. The van der Waals surface area contributed by atoms with Crippen LogP contribution in [0.1, 0.15) is 0 Å². The molecule has 0 aliphatic heterocycles. The topological polar surface area (TPSA) is 141 Å². The Labute approximate surface area is 232 Å². The third-order valence-electron chi connectivity index (χ3n) is 5.31. The highest BCUT2D eigenvalue weighted by Crippen LogP contribution is 2.37. The molecule has 12 nitrogen and oxygen atoms in total. The van der Waals surface area contributed by atoms with Gasteiger partial charge in [-0.3, -0.25) is 24.9 Å². The van der Waals surface area contributed by atoms with E-state index in [0.29, 0.717) is 38.6 Å². The number of nitro groups is 2. The molecule has 198 valence electrons. The Morgan fingerprint density at radius 2 is 1.45 bits per heavy atom. The van der Waals surface area contributed by atoms with Crippen LogP contribution in [0, 0.1) is 20.2 Å². The van der Waals surface area contributed by atoms with Crippen LogP contribution in [-0.4, -0.2) is 46.6 Å². The summed E-state index contributed by atoms with van der Waals surface area (Å²) in [4.78, 5) is 20.9. The summed E-state index contributed by atoms with van der Waals surface area (Å²) in [6, 6.07) is 14.1.